The third-order valence-electron chi connectivity index (χ3n) is 6.15. The van der Waals surface area contributed by atoms with Crippen molar-refractivity contribution in [2.75, 3.05) is 6.54 Å². The molecule has 2 fully saturated rings. The highest BCUT2D eigenvalue weighted by atomic mass is 35.5. The zero-order valence-corrected chi connectivity index (χ0v) is 18.0. The second kappa shape index (κ2) is 9.10. The maximum Gasteiger partial charge on any atom is 0.325 e. The van der Waals surface area contributed by atoms with Gasteiger partial charge in [0.1, 0.15) is 12.1 Å². The fraction of sp³-hybridized carbons (Fsp3) is 0.375. The topological polar surface area (TPSA) is 78.5 Å². The summed E-state index contributed by atoms with van der Waals surface area (Å²) in [5.41, 5.74) is 0.917. The first kappa shape index (κ1) is 21.4. The Kier molecular flexibility index (Phi) is 6.28. The molecule has 0 bridgehead atoms. The van der Waals surface area contributed by atoms with E-state index in [1.807, 2.05) is 42.5 Å². The number of carbonyl (C=O) groups excluding carboxylic acids is 3. The Balaban J connectivity index is 1.51. The summed E-state index contributed by atoms with van der Waals surface area (Å²) in [5, 5.41) is 6.47. The third kappa shape index (κ3) is 4.59. The summed E-state index contributed by atoms with van der Waals surface area (Å²) in [6.07, 6.45) is 5.19. The van der Waals surface area contributed by atoms with Gasteiger partial charge in [0.25, 0.3) is 5.91 Å². The van der Waals surface area contributed by atoms with Gasteiger partial charge in [0.15, 0.2) is 0 Å². The second-order valence-corrected chi connectivity index (χ2v) is 8.72. The molecule has 31 heavy (non-hydrogen) atoms. The molecule has 1 atom stereocenters. The van der Waals surface area contributed by atoms with Crippen LogP contribution in [-0.2, 0) is 9.59 Å². The van der Waals surface area contributed by atoms with Crippen LogP contribution in [0.5, 0.6) is 0 Å². The number of urea groups is 1. The lowest BCUT2D eigenvalue weighted by molar-refractivity contribution is -0.135. The van der Waals surface area contributed by atoms with E-state index in [4.69, 9.17) is 11.6 Å². The first-order valence-corrected chi connectivity index (χ1v) is 11.1. The van der Waals surface area contributed by atoms with Crippen molar-refractivity contribution in [1.82, 2.24) is 15.5 Å². The first-order valence-electron chi connectivity index (χ1n) is 10.7. The Hall–Kier alpha value is -2.86. The standard InChI is InChI=1S/C24H26ClN3O3/c25-19-12-10-18(11-13-19)21(17-8-4-3-5-9-17)26-20(29)16-28-22(30)24(27-23(28)31)14-6-1-2-7-15-24/h3-5,8-13,21H,1-2,6-7,14-16H2,(H,26,29)(H,27,31)/t21-/m1/s1. The molecule has 1 saturated carbocycles. The van der Waals surface area contributed by atoms with Gasteiger partial charge in [-0.05, 0) is 36.1 Å². The SMILES string of the molecule is O=C(CN1C(=O)NC2(CCCCCC2)C1=O)N[C@H](c1ccccc1)c1ccc(Cl)cc1. The lowest BCUT2D eigenvalue weighted by atomic mass is 9.90. The van der Waals surface area contributed by atoms with Crippen molar-refractivity contribution in [2.24, 2.45) is 0 Å². The number of carbonyl (C=O) groups is 3. The summed E-state index contributed by atoms with van der Waals surface area (Å²) in [6.45, 7) is -0.302. The van der Waals surface area contributed by atoms with Crippen LogP contribution >= 0.6 is 11.6 Å². The van der Waals surface area contributed by atoms with Gasteiger partial charge >= 0.3 is 6.03 Å². The molecule has 6 nitrogen and oxygen atoms in total. The Morgan fingerprint density at radius 3 is 2.23 bits per heavy atom. The normalized spacial score (nSPS) is 19.1. The van der Waals surface area contributed by atoms with E-state index in [1.165, 1.54) is 0 Å². The molecule has 4 rings (SSSR count). The van der Waals surface area contributed by atoms with Crippen LogP contribution in [-0.4, -0.2) is 34.8 Å². The molecule has 0 radical (unpaired) electrons. The van der Waals surface area contributed by atoms with Gasteiger partial charge in [-0.2, -0.15) is 0 Å². The zero-order chi connectivity index (χ0) is 21.8. The van der Waals surface area contributed by atoms with Crippen LogP contribution in [0.25, 0.3) is 0 Å². The van der Waals surface area contributed by atoms with E-state index >= 15 is 0 Å². The molecule has 0 aromatic heterocycles. The molecule has 162 valence electrons. The van der Waals surface area contributed by atoms with Gasteiger partial charge < -0.3 is 10.6 Å². The summed E-state index contributed by atoms with van der Waals surface area (Å²) in [7, 11) is 0. The largest absolute Gasteiger partial charge is 0.344 e. The summed E-state index contributed by atoms with van der Waals surface area (Å²) in [6, 6.07) is 15.9. The number of rotatable bonds is 5. The van der Waals surface area contributed by atoms with Crippen molar-refractivity contribution in [2.45, 2.75) is 50.1 Å². The first-order chi connectivity index (χ1) is 15.0. The maximum atomic E-state index is 13.1. The van der Waals surface area contributed by atoms with Crippen molar-refractivity contribution >= 4 is 29.4 Å². The van der Waals surface area contributed by atoms with Gasteiger partial charge in [-0.25, -0.2) is 4.79 Å². The van der Waals surface area contributed by atoms with Crippen molar-refractivity contribution < 1.29 is 14.4 Å². The zero-order valence-electron chi connectivity index (χ0n) is 17.3. The van der Waals surface area contributed by atoms with Crippen LogP contribution in [0, 0.1) is 0 Å². The number of benzene rings is 2. The average molecular weight is 440 g/mol. The number of amides is 4. The van der Waals surface area contributed by atoms with Crippen LogP contribution in [0.3, 0.4) is 0 Å². The van der Waals surface area contributed by atoms with Crippen molar-refractivity contribution in [1.29, 1.82) is 0 Å². The molecule has 1 aliphatic heterocycles. The molecule has 4 amide bonds. The van der Waals surface area contributed by atoms with E-state index in [9.17, 15) is 14.4 Å². The van der Waals surface area contributed by atoms with Crippen molar-refractivity contribution in [3.05, 3.63) is 70.7 Å². The van der Waals surface area contributed by atoms with Crippen LogP contribution in [0.2, 0.25) is 5.02 Å². The molecule has 0 unspecified atom stereocenters. The Morgan fingerprint density at radius 2 is 1.58 bits per heavy atom. The minimum Gasteiger partial charge on any atom is -0.344 e. The van der Waals surface area contributed by atoms with Gasteiger partial charge in [-0.3, -0.25) is 14.5 Å². The molecule has 7 heteroatoms. The van der Waals surface area contributed by atoms with Gasteiger partial charge in [0, 0.05) is 5.02 Å². The highest BCUT2D eigenvalue weighted by molar-refractivity contribution is 6.30. The highest BCUT2D eigenvalue weighted by Crippen LogP contribution is 2.32. The van der Waals surface area contributed by atoms with E-state index < -0.39 is 23.5 Å². The van der Waals surface area contributed by atoms with Crippen LogP contribution in [0.1, 0.15) is 55.7 Å². The van der Waals surface area contributed by atoms with Gasteiger partial charge in [-0.1, -0.05) is 79.7 Å². The Morgan fingerprint density at radius 1 is 0.968 bits per heavy atom. The second-order valence-electron chi connectivity index (χ2n) is 8.28. The van der Waals surface area contributed by atoms with E-state index in [0.29, 0.717) is 17.9 Å². The Labute approximate surface area is 187 Å². The predicted molar refractivity (Wildman–Crippen MR) is 119 cm³/mol. The minimum atomic E-state index is -0.844. The average Bonchev–Trinajstić information content (AvgIpc) is 2.93. The molecule has 2 aliphatic rings. The summed E-state index contributed by atoms with van der Waals surface area (Å²) in [5.74, 6) is -0.671. The molecule has 1 spiro atoms. The molecule has 2 N–H and O–H groups in total. The van der Waals surface area contributed by atoms with Crippen LogP contribution in [0.15, 0.2) is 54.6 Å². The van der Waals surface area contributed by atoms with E-state index in [0.717, 1.165) is 41.7 Å². The summed E-state index contributed by atoms with van der Waals surface area (Å²) in [4.78, 5) is 39.7. The third-order valence-corrected chi connectivity index (χ3v) is 6.40. The van der Waals surface area contributed by atoms with E-state index in [1.54, 1.807) is 12.1 Å². The fourth-order valence-corrected chi connectivity index (χ4v) is 4.63. The molecular formula is C24H26ClN3O3. The monoisotopic (exact) mass is 439 g/mol. The van der Waals surface area contributed by atoms with Gasteiger partial charge in [0.05, 0.1) is 6.04 Å². The number of hydrogen-bond donors (Lipinski definition) is 2. The van der Waals surface area contributed by atoms with Crippen LogP contribution < -0.4 is 10.6 Å². The molecule has 1 aliphatic carbocycles. The molecule has 1 heterocycles. The number of hydrogen-bond acceptors (Lipinski definition) is 3. The van der Waals surface area contributed by atoms with Crippen molar-refractivity contribution in [3.8, 4) is 0 Å². The molecule has 2 aromatic rings. The molecular weight excluding hydrogens is 414 g/mol. The number of nitrogens with one attached hydrogen (secondary N) is 2. The number of nitrogens with zero attached hydrogens (tertiary/aromatic N) is 1. The summed E-state index contributed by atoms with van der Waals surface area (Å²) < 4.78 is 0. The highest BCUT2D eigenvalue weighted by Gasteiger charge is 2.51. The Bertz CT molecular complexity index is 954. The predicted octanol–water partition coefficient (Wildman–Crippen LogP) is 4.19. The number of halogens is 1. The molecule has 1 saturated heterocycles. The smallest absolute Gasteiger partial charge is 0.325 e. The van der Waals surface area contributed by atoms with Gasteiger partial charge in [0.2, 0.25) is 5.91 Å². The quantitative estimate of drug-likeness (QED) is 0.685. The van der Waals surface area contributed by atoms with Crippen LogP contribution in [0.4, 0.5) is 4.79 Å². The van der Waals surface area contributed by atoms with Crippen molar-refractivity contribution in [3.63, 3.8) is 0 Å². The van der Waals surface area contributed by atoms with E-state index in [-0.39, 0.29) is 12.5 Å². The maximum absolute atomic E-state index is 13.1. The lowest BCUT2D eigenvalue weighted by Crippen LogP contribution is -2.47. The summed E-state index contributed by atoms with van der Waals surface area (Å²) >= 11 is 6.02. The van der Waals surface area contributed by atoms with Gasteiger partial charge in [-0.15, -0.1) is 0 Å². The fourth-order valence-electron chi connectivity index (χ4n) is 4.50. The molecule has 2 aromatic carbocycles. The lowest BCUT2D eigenvalue weighted by Gasteiger charge is -2.25. The number of imide groups is 1. The minimum absolute atomic E-state index is 0.280. The van der Waals surface area contributed by atoms with E-state index in [2.05, 4.69) is 10.6 Å².